The predicted octanol–water partition coefficient (Wildman–Crippen LogP) is 4.54. The molecule has 4 rings (SSSR count). The summed E-state index contributed by atoms with van der Waals surface area (Å²) in [5, 5.41) is 6.20. The SMILES string of the molecule is O=C(NC1CCC(CC2CCC(NC(=O)c3ccco3)CC2)CC1)c1ccco1. The molecule has 0 aromatic carbocycles. The van der Waals surface area contributed by atoms with Crippen molar-refractivity contribution in [1.29, 1.82) is 0 Å². The fourth-order valence-electron chi connectivity index (χ4n) is 4.88. The summed E-state index contributed by atoms with van der Waals surface area (Å²) < 4.78 is 10.3. The lowest BCUT2D eigenvalue weighted by Gasteiger charge is -2.34. The van der Waals surface area contributed by atoms with E-state index in [4.69, 9.17) is 8.83 Å². The Morgan fingerprint density at radius 3 is 1.48 bits per heavy atom. The van der Waals surface area contributed by atoms with Crippen LogP contribution in [0, 0.1) is 11.8 Å². The van der Waals surface area contributed by atoms with Crippen molar-refractivity contribution in [1.82, 2.24) is 10.6 Å². The Morgan fingerprint density at radius 1 is 0.724 bits per heavy atom. The molecule has 2 saturated carbocycles. The minimum absolute atomic E-state index is 0.103. The summed E-state index contributed by atoms with van der Waals surface area (Å²) in [6.07, 6.45) is 13.2. The van der Waals surface area contributed by atoms with Gasteiger partial charge in [0.05, 0.1) is 12.5 Å². The molecule has 2 aromatic rings. The largest absolute Gasteiger partial charge is 0.459 e. The summed E-state index contributed by atoms with van der Waals surface area (Å²) >= 11 is 0. The monoisotopic (exact) mass is 398 g/mol. The molecule has 2 N–H and O–H groups in total. The van der Waals surface area contributed by atoms with Crippen LogP contribution in [0.2, 0.25) is 0 Å². The molecule has 2 aliphatic rings. The highest BCUT2D eigenvalue weighted by Gasteiger charge is 2.28. The Balaban J connectivity index is 1.14. The average Bonchev–Trinajstić information content (AvgIpc) is 3.45. The predicted molar refractivity (Wildman–Crippen MR) is 108 cm³/mol. The number of carbonyl (C=O) groups is 2. The number of amides is 2. The molecule has 0 aliphatic heterocycles. The number of rotatable bonds is 6. The van der Waals surface area contributed by atoms with E-state index >= 15 is 0 Å². The minimum atomic E-state index is -0.103. The zero-order valence-electron chi connectivity index (χ0n) is 16.8. The van der Waals surface area contributed by atoms with Gasteiger partial charge in [-0.15, -0.1) is 0 Å². The molecule has 0 bridgehead atoms. The van der Waals surface area contributed by atoms with Gasteiger partial charge < -0.3 is 19.5 Å². The third-order valence-corrected chi connectivity index (χ3v) is 6.52. The Kier molecular flexibility index (Phi) is 6.37. The molecule has 156 valence electrons. The Labute approximate surface area is 171 Å². The molecule has 6 heteroatoms. The second kappa shape index (κ2) is 9.33. The molecular formula is C23H30N2O4. The normalized spacial score (nSPS) is 27.3. The Morgan fingerprint density at radius 2 is 1.14 bits per heavy atom. The van der Waals surface area contributed by atoms with E-state index in [-0.39, 0.29) is 23.9 Å². The minimum Gasteiger partial charge on any atom is -0.459 e. The second-order valence-electron chi connectivity index (χ2n) is 8.57. The van der Waals surface area contributed by atoms with E-state index in [1.807, 2.05) is 0 Å². The number of hydrogen-bond donors (Lipinski definition) is 2. The highest BCUT2D eigenvalue weighted by atomic mass is 16.3. The first-order valence-electron chi connectivity index (χ1n) is 10.9. The maximum Gasteiger partial charge on any atom is 0.287 e. The highest BCUT2D eigenvalue weighted by molar-refractivity contribution is 5.92. The van der Waals surface area contributed by atoms with Crippen molar-refractivity contribution in [3.05, 3.63) is 48.3 Å². The van der Waals surface area contributed by atoms with Crippen molar-refractivity contribution < 1.29 is 18.4 Å². The summed E-state index contributed by atoms with van der Waals surface area (Å²) in [7, 11) is 0. The highest BCUT2D eigenvalue weighted by Crippen LogP contribution is 2.35. The van der Waals surface area contributed by atoms with Crippen LogP contribution in [0.1, 0.15) is 78.9 Å². The standard InChI is InChI=1S/C23H30N2O4/c26-22(20-3-1-13-28-20)24-18-9-5-16(6-10-18)15-17-7-11-19(12-8-17)25-23(27)21-4-2-14-29-21/h1-4,13-14,16-19H,5-12,15H2,(H,24,26)(H,25,27). The molecule has 0 radical (unpaired) electrons. The van der Waals surface area contributed by atoms with Gasteiger partial charge in [0.1, 0.15) is 0 Å². The van der Waals surface area contributed by atoms with Crippen molar-refractivity contribution in [2.45, 2.75) is 69.9 Å². The van der Waals surface area contributed by atoms with Gasteiger partial charge in [-0.25, -0.2) is 0 Å². The Hall–Kier alpha value is -2.50. The topological polar surface area (TPSA) is 84.5 Å². The summed E-state index contributed by atoms with van der Waals surface area (Å²) in [5.41, 5.74) is 0. The molecule has 29 heavy (non-hydrogen) atoms. The molecular weight excluding hydrogens is 368 g/mol. The fraction of sp³-hybridized carbons (Fsp3) is 0.565. The zero-order chi connectivity index (χ0) is 20.1. The molecule has 2 heterocycles. The number of hydrogen-bond acceptors (Lipinski definition) is 4. The van der Waals surface area contributed by atoms with E-state index in [0.717, 1.165) is 37.5 Å². The smallest absolute Gasteiger partial charge is 0.287 e. The van der Waals surface area contributed by atoms with Gasteiger partial charge in [0.25, 0.3) is 11.8 Å². The number of carbonyl (C=O) groups excluding carboxylic acids is 2. The lowest BCUT2D eigenvalue weighted by Crippen LogP contribution is -2.39. The van der Waals surface area contributed by atoms with Gasteiger partial charge in [0.15, 0.2) is 11.5 Å². The summed E-state index contributed by atoms with van der Waals surface area (Å²) in [6.45, 7) is 0. The van der Waals surface area contributed by atoms with E-state index in [2.05, 4.69) is 10.6 Å². The molecule has 2 fully saturated rings. The maximum absolute atomic E-state index is 12.1. The quantitative estimate of drug-likeness (QED) is 0.748. The third kappa shape index (κ3) is 5.31. The molecule has 6 nitrogen and oxygen atoms in total. The molecule has 2 aliphatic carbocycles. The van der Waals surface area contributed by atoms with Gasteiger partial charge in [-0.1, -0.05) is 0 Å². The van der Waals surface area contributed by atoms with Crippen LogP contribution in [0.3, 0.4) is 0 Å². The summed E-state index contributed by atoms with van der Waals surface area (Å²) in [4.78, 5) is 24.2. The maximum atomic E-state index is 12.1. The first kappa shape index (κ1) is 19.8. The molecule has 0 unspecified atom stereocenters. The van der Waals surface area contributed by atoms with Crippen LogP contribution in [-0.4, -0.2) is 23.9 Å². The lowest BCUT2D eigenvalue weighted by molar-refractivity contribution is 0.0889. The van der Waals surface area contributed by atoms with E-state index in [9.17, 15) is 9.59 Å². The average molecular weight is 399 g/mol. The zero-order valence-corrected chi connectivity index (χ0v) is 16.8. The van der Waals surface area contributed by atoms with E-state index in [1.54, 1.807) is 24.3 Å². The van der Waals surface area contributed by atoms with Crippen LogP contribution in [-0.2, 0) is 0 Å². The molecule has 2 amide bonds. The summed E-state index contributed by atoms with van der Waals surface area (Å²) in [6, 6.07) is 7.40. The van der Waals surface area contributed by atoms with Crippen LogP contribution < -0.4 is 10.6 Å². The first-order valence-corrected chi connectivity index (χ1v) is 10.9. The summed E-state index contributed by atoms with van der Waals surface area (Å²) in [5.74, 6) is 2.09. The first-order chi connectivity index (χ1) is 14.2. The molecule has 0 atom stereocenters. The molecule has 0 spiro atoms. The third-order valence-electron chi connectivity index (χ3n) is 6.52. The van der Waals surface area contributed by atoms with Crippen LogP contribution >= 0.6 is 0 Å². The Bertz CT molecular complexity index is 702. The van der Waals surface area contributed by atoms with Crippen molar-refractivity contribution in [3.8, 4) is 0 Å². The van der Waals surface area contributed by atoms with E-state index in [1.165, 1.54) is 44.6 Å². The van der Waals surface area contributed by atoms with Crippen molar-refractivity contribution in [3.63, 3.8) is 0 Å². The van der Waals surface area contributed by atoms with Crippen LogP contribution in [0.15, 0.2) is 45.6 Å². The molecule has 0 saturated heterocycles. The fourth-order valence-corrected chi connectivity index (χ4v) is 4.88. The van der Waals surface area contributed by atoms with Crippen LogP contribution in [0.4, 0.5) is 0 Å². The number of furan rings is 2. The van der Waals surface area contributed by atoms with Gasteiger partial charge in [0.2, 0.25) is 0 Å². The van der Waals surface area contributed by atoms with Crippen LogP contribution in [0.5, 0.6) is 0 Å². The van der Waals surface area contributed by atoms with Gasteiger partial charge >= 0.3 is 0 Å². The van der Waals surface area contributed by atoms with Crippen LogP contribution in [0.25, 0.3) is 0 Å². The molecule has 2 aromatic heterocycles. The van der Waals surface area contributed by atoms with Gasteiger partial charge in [-0.3, -0.25) is 9.59 Å². The lowest BCUT2D eigenvalue weighted by atomic mass is 9.75. The van der Waals surface area contributed by atoms with E-state index in [0.29, 0.717) is 11.5 Å². The van der Waals surface area contributed by atoms with Crippen molar-refractivity contribution >= 4 is 11.8 Å². The van der Waals surface area contributed by atoms with Crippen molar-refractivity contribution in [2.75, 3.05) is 0 Å². The number of nitrogens with one attached hydrogen (secondary N) is 2. The van der Waals surface area contributed by atoms with Gasteiger partial charge in [-0.05, 0) is 93.9 Å². The van der Waals surface area contributed by atoms with Gasteiger partial charge in [0, 0.05) is 12.1 Å². The van der Waals surface area contributed by atoms with Gasteiger partial charge in [-0.2, -0.15) is 0 Å². The second-order valence-corrected chi connectivity index (χ2v) is 8.57. The van der Waals surface area contributed by atoms with E-state index < -0.39 is 0 Å². The van der Waals surface area contributed by atoms with Crippen molar-refractivity contribution in [2.24, 2.45) is 11.8 Å².